The first-order valence-electron chi connectivity index (χ1n) is 6.91. The SMILES string of the molecule is CC(N)C1CCCCN1Cc1cc(Cl)ccc1[N+](=O)[O-]. The van der Waals surface area contributed by atoms with Gasteiger partial charge in [-0.1, -0.05) is 18.0 Å². The Morgan fingerprint density at radius 2 is 2.30 bits per heavy atom. The Kier molecular flexibility index (Phi) is 4.96. The van der Waals surface area contributed by atoms with Crippen molar-refractivity contribution in [1.29, 1.82) is 0 Å². The number of hydrogen-bond acceptors (Lipinski definition) is 4. The molecule has 6 heteroatoms. The summed E-state index contributed by atoms with van der Waals surface area (Å²) in [7, 11) is 0. The number of hydrogen-bond donors (Lipinski definition) is 1. The van der Waals surface area contributed by atoms with Gasteiger partial charge in [0, 0.05) is 35.3 Å². The van der Waals surface area contributed by atoms with Crippen LogP contribution >= 0.6 is 11.6 Å². The molecule has 1 aromatic rings. The molecule has 0 aliphatic carbocycles. The van der Waals surface area contributed by atoms with Crippen molar-refractivity contribution in [2.24, 2.45) is 5.73 Å². The van der Waals surface area contributed by atoms with E-state index in [4.69, 9.17) is 17.3 Å². The lowest BCUT2D eigenvalue weighted by Crippen LogP contribution is -2.48. The number of halogens is 1. The van der Waals surface area contributed by atoms with E-state index in [1.807, 2.05) is 6.92 Å². The summed E-state index contributed by atoms with van der Waals surface area (Å²) < 4.78 is 0. The Morgan fingerprint density at radius 3 is 2.95 bits per heavy atom. The molecule has 0 radical (unpaired) electrons. The molecule has 2 N–H and O–H groups in total. The molecule has 0 bridgehead atoms. The minimum absolute atomic E-state index is 0.0635. The van der Waals surface area contributed by atoms with Gasteiger partial charge in [-0.2, -0.15) is 0 Å². The Bertz CT molecular complexity index is 493. The van der Waals surface area contributed by atoms with Gasteiger partial charge in [0.15, 0.2) is 0 Å². The Balaban J connectivity index is 2.23. The first-order valence-corrected chi connectivity index (χ1v) is 7.29. The summed E-state index contributed by atoms with van der Waals surface area (Å²) in [4.78, 5) is 13.0. The molecule has 110 valence electrons. The van der Waals surface area contributed by atoms with Gasteiger partial charge in [0.1, 0.15) is 0 Å². The molecule has 20 heavy (non-hydrogen) atoms. The highest BCUT2D eigenvalue weighted by molar-refractivity contribution is 6.30. The van der Waals surface area contributed by atoms with E-state index in [2.05, 4.69) is 4.90 Å². The van der Waals surface area contributed by atoms with Crippen LogP contribution in [0, 0.1) is 10.1 Å². The van der Waals surface area contributed by atoms with E-state index in [0.29, 0.717) is 17.1 Å². The minimum atomic E-state index is -0.351. The fraction of sp³-hybridized carbons (Fsp3) is 0.571. The summed E-state index contributed by atoms with van der Waals surface area (Å²) in [5, 5.41) is 11.6. The number of benzene rings is 1. The molecule has 5 nitrogen and oxygen atoms in total. The molecular weight excluding hydrogens is 278 g/mol. The predicted molar refractivity (Wildman–Crippen MR) is 79.8 cm³/mol. The fourth-order valence-electron chi connectivity index (χ4n) is 2.89. The molecule has 1 aliphatic heterocycles. The summed E-state index contributed by atoms with van der Waals surface area (Å²) in [6.07, 6.45) is 3.32. The number of likely N-dealkylation sites (tertiary alicyclic amines) is 1. The fourth-order valence-corrected chi connectivity index (χ4v) is 3.08. The highest BCUT2D eigenvalue weighted by Gasteiger charge is 2.27. The Labute approximate surface area is 123 Å². The lowest BCUT2D eigenvalue weighted by atomic mass is 9.96. The van der Waals surface area contributed by atoms with Crippen LogP contribution in [0.25, 0.3) is 0 Å². The number of nitrogens with zero attached hydrogens (tertiary/aromatic N) is 2. The van der Waals surface area contributed by atoms with Gasteiger partial charge < -0.3 is 5.73 Å². The van der Waals surface area contributed by atoms with E-state index in [9.17, 15) is 10.1 Å². The monoisotopic (exact) mass is 297 g/mol. The topological polar surface area (TPSA) is 72.4 Å². The van der Waals surface area contributed by atoms with Gasteiger partial charge in [-0.15, -0.1) is 0 Å². The maximum atomic E-state index is 11.1. The second-order valence-corrected chi connectivity index (χ2v) is 5.86. The lowest BCUT2D eigenvalue weighted by molar-refractivity contribution is -0.385. The van der Waals surface area contributed by atoms with Crippen molar-refractivity contribution in [3.05, 3.63) is 38.9 Å². The van der Waals surface area contributed by atoms with E-state index in [-0.39, 0.29) is 22.7 Å². The van der Waals surface area contributed by atoms with Crippen LogP contribution in [0.3, 0.4) is 0 Å². The molecule has 1 fully saturated rings. The molecule has 2 unspecified atom stereocenters. The second kappa shape index (κ2) is 6.52. The van der Waals surface area contributed by atoms with Crippen LogP contribution in [-0.2, 0) is 6.54 Å². The molecule has 2 rings (SSSR count). The minimum Gasteiger partial charge on any atom is -0.327 e. The van der Waals surface area contributed by atoms with Crippen molar-refractivity contribution in [2.45, 2.75) is 44.8 Å². The number of nitro groups is 1. The smallest absolute Gasteiger partial charge is 0.273 e. The van der Waals surface area contributed by atoms with Gasteiger partial charge in [-0.05, 0) is 38.4 Å². The number of piperidine rings is 1. The van der Waals surface area contributed by atoms with E-state index in [0.717, 1.165) is 19.4 Å². The van der Waals surface area contributed by atoms with Crippen molar-refractivity contribution in [3.63, 3.8) is 0 Å². The summed E-state index contributed by atoms with van der Waals surface area (Å²) in [6.45, 7) is 3.45. The predicted octanol–water partition coefficient (Wildman–Crippen LogP) is 2.95. The van der Waals surface area contributed by atoms with Crippen molar-refractivity contribution < 1.29 is 4.92 Å². The molecule has 0 spiro atoms. The number of nitro benzene ring substituents is 1. The van der Waals surface area contributed by atoms with E-state index >= 15 is 0 Å². The standard InChI is InChI=1S/C14H20ClN3O2/c1-10(16)13-4-2-3-7-17(13)9-11-8-12(15)5-6-14(11)18(19)20/h5-6,8,10,13H,2-4,7,9,16H2,1H3. The average Bonchev–Trinajstić information content (AvgIpc) is 2.38. The third kappa shape index (κ3) is 3.48. The van der Waals surface area contributed by atoms with E-state index in [1.54, 1.807) is 12.1 Å². The second-order valence-electron chi connectivity index (χ2n) is 5.42. The van der Waals surface area contributed by atoms with Crippen molar-refractivity contribution >= 4 is 17.3 Å². The molecule has 1 aliphatic rings. The van der Waals surface area contributed by atoms with Crippen molar-refractivity contribution in [3.8, 4) is 0 Å². The summed E-state index contributed by atoms with van der Waals surface area (Å²) in [5.41, 5.74) is 6.83. The van der Waals surface area contributed by atoms with Crippen LogP contribution in [-0.4, -0.2) is 28.5 Å². The lowest BCUT2D eigenvalue weighted by Gasteiger charge is -2.38. The average molecular weight is 298 g/mol. The summed E-state index contributed by atoms with van der Waals surface area (Å²) in [5.74, 6) is 0. The zero-order chi connectivity index (χ0) is 14.7. The molecule has 0 amide bonds. The van der Waals surface area contributed by atoms with Crippen LogP contribution in [0.4, 0.5) is 5.69 Å². The van der Waals surface area contributed by atoms with Crippen LogP contribution < -0.4 is 5.73 Å². The normalized spacial score (nSPS) is 21.6. The Morgan fingerprint density at radius 1 is 1.55 bits per heavy atom. The number of rotatable bonds is 4. The number of nitrogens with two attached hydrogens (primary N) is 1. The van der Waals surface area contributed by atoms with Gasteiger partial charge in [-0.25, -0.2) is 0 Å². The maximum absolute atomic E-state index is 11.1. The van der Waals surface area contributed by atoms with Gasteiger partial charge in [-0.3, -0.25) is 15.0 Å². The first-order chi connectivity index (χ1) is 9.49. The van der Waals surface area contributed by atoms with Crippen molar-refractivity contribution in [1.82, 2.24) is 4.90 Å². The first kappa shape index (κ1) is 15.2. The molecule has 0 saturated carbocycles. The zero-order valence-electron chi connectivity index (χ0n) is 11.6. The van der Waals surface area contributed by atoms with Gasteiger partial charge in [0.2, 0.25) is 0 Å². The molecule has 1 aromatic carbocycles. The third-order valence-corrected chi connectivity index (χ3v) is 4.12. The van der Waals surface area contributed by atoms with Gasteiger partial charge in [0.25, 0.3) is 5.69 Å². The van der Waals surface area contributed by atoms with Gasteiger partial charge in [0.05, 0.1) is 4.92 Å². The van der Waals surface area contributed by atoms with E-state index in [1.165, 1.54) is 12.5 Å². The van der Waals surface area contributed by atoms with Crippen LogP contribution in [0.1, 0.15) is 31.7 Å². The Hall–Kier alpha value is -1.17. The molecule has 1 heterocycles. The highest BCUT2D eigenvalue weighted by atomic mass is 35.5. The largest absolute Gasteiger partial charge is 0.327 e. The molecule has 0 aromatic heterocycles. The summed E-state index contributed by atoms with van der Waals surface area (Å²) in [6, 6.07) is 5.06. The highest BCUT2D eigenvalue weighted by Crippen LogP contribution is 2.27. The quantitative estimate of drug-likeness (QED) is 0.685. The molecular formula is C14H20ClN3O2. The van der Waals surface area contributed by atoms with Crippen molar-refractivity contribution in [2.75, 3.05) is 6.54 Å². The van der Waals surface area contributed by atoms with E-state index < -0.39 is 0 Å². The summed E-state index contributed by atoms with van der Waals surface area (Å²) >= 11 is 5.97. The molecule has 2 atom stereocenters. The third-order valence-electron chi connectivity index (χ3n) is 3.88. The van der Waals surface area contributed by atoms with Crippen LogP contribution in [0.5, 0.6) is 0 Å². The van der Waals surface area contributed by atoms with Crippen LogP contribution in [0.15, 0.2) is 18.2 Å². The van der Waals surface area contributed by atoms with Gasteiger partial charge >= 0.3 is 0 Å². The molecule has 1 saturated heterocycles. The maximum Gasteiger partial charge on any atom is 0.273 e. The zero-order valence-corrected chi connectivity index (χ0v) is 12.3. The van der Waals surface area contributed by atoms with Crippen LogP contribution in [0.2, 0.25) is 5.02 Å².